The quantitative estimate of drug-likeness (QED) is 0.0158. The van der Waals surface area contributed by atoms with E-state index in [9.17, 15) is 50.0 Å². The summed E-state index contributed by atoms with van der Waals surface area (Å²) in [5.74, 6) is -0.615. The minimum atomic E-state index is -5.16. The van der Waals surface area contributed by atoms with Crippen molar-refractivity contribution in [3.63, 3.8) is 0 Å². The van der Waals surface area contributed by atoms with Gasteiger partial charge in [-0.2, -0.15) is 0 Å². The number of allylic oxidation sites excluding steroid dienone is 9. The van der Waals surface area contributed by atoms with Crippen molar-refractivity contribution in [1.29, 1.82) is 0 Å². The molecule has 14 heteroatoms. The van der Waals surface area contributed by atoms with Crippen molar-refractivity contribution in [3.8, 4) is 0 Å². The lowest BCUT2D eigenvalue weighted by Crippen LogP contribution is -2.64. The van der Waals surface area contributed by atoms with Crippen LogP contribution in [0.25, 0.3) is 0 Å². The van der Waals surface area contributed by atoms with Crippen molar-refractivity contribution in [3.05, 3.63) is 60.8 Å². The molecule has 402 valence electrons. The fourth-order valence-electron chi connectivity index (χ4n) is 8.36. The molecule has 1 amide bonds. The number of phosphoric ester groups is 1. The Bertz CT molecular complexity index is 1410. The Kier molecular flexibility index (Phi) is 41.1. The monoisotopic (exact) mass is 998 g/mol. The summed E-state index contributed by atoms with van der Waals surface area (Å²) in [5, 5.41) is 74.7. The fraction of sp³-hybridized carbons (Fsp3) is 0.800. The molecule has 9 N–H and O–H groups in total. The molecule has 8 atom stereocenters. The lowest BCUT2D eigenvalue weighted by Gasteiger charge is -2.41. The van der Waals surface area contributed by atoms with E-state index in [2.05, 4.69) is 67.8 Å². The molecule has 1 aliphatic rings. The van der Waals surface area contributed by atoms with Crippen LogP contribution in [0, 0.1) is 0 Å². The molecule has 13 nitrogen and oxygen atoms in total. The predicted molar refractivity (Wildman–Crippen MR) is 279 cm³/mol. The summed E-state index contributed by atoms with van der Waals surface area (Å²) in [6.45, 7) is 3.74. The molecule has 8 unspecified atom stereocenters. The van der Waals surface area contributed by atoms with Gasteiger partial charge >= 0.3 is 7.82 Å². The molecule has 0 heterocycles. The largest absolute Gasteiger partial charge is 0.472 e. The number of carbonyl (C=O) groups is 1. The Hall–Kier alpha value is -2.00. The molecule has 0 aromatic rings. The summed E-state index contributed by atoms with van der Waals surface area (Å²) in [4.78, 5) is 23.5. The van der Waals surface area contributed by atoms with Crippen LogP contribution in [0.5, 0.6) is 0 Å². The second-order valence-electron chi connectivity index (χ2n) is 19.2. The number of hydrogen-bond acceptors (Lipinski definition) is 11. The molecule has 0 aromatic carbocycles. The molecule has 1 saturated carbocycles. The third-order valence-electron chi connectivity index (χ3n) is 12.8. The molecular formula is C55H100NO12P. The van der Waals surface area contributed by atoms with Crippen LogP contribution >= 0.6 is 7.82 Å². The summed E-state index contributed by atoms with van der Waals surface area (Å²) < 4.78 is 22.9. The number of carbonyl (C=O) groups excluding carboxylic acids is 1. The van der Waals surface area contributed by atoms with Crippen LogP contribution in [-0.2, 0) is 18.4 Å². The van der Waals surface area contributed by atoms with Crippen molar-refractivity contribution in [2.24, 2.45) is 0 Å². The Morgan fingerprint density at radius 3 is 1.36 bits per heavy atom. The number of hydrogen-bond donors (Lipinski definition) is 9. The van der Waals surface area contributed by atoms with Gasteiger partial charge in [-0.25, -0.2) is 4.57 Å². The number of rotatable bonds is 45. The molecule has 0 saturated heterocycles. The Morgan fingerprint density at radius 2 is 0.899 bits per heavy atom. The lowest BCUT2D eigenvalue weighted by molar-refractivity contribution is -0.220. The first-order chi connectivity index (χ1) is 33.3. The van der Waals surface area contributed by atoms with E-state index in [1.165, 1.54) is 115 Å². The average molecular weight is 998 g/mol. The zero-order valence-corrected chi connectivity index (χ0v) is 43.9. The van der Waals surface area contributed by atoms with Crippen molar-refractivity contribution >= 4 is 13.7 Å². The van der Waals surface area contributed by atoms with Crippen LogP contribution in [0.3, 0.4) is 0 Å². The van der Waals surface area contributed by atoms with Crippen molar-refractivity contribution in [1.82, 2.24) is 5.32 Å². The van der Waals surface area contributed by atoms with E-state index in [1.54, 1.807) is 6.08 Å². The number of amides is 1. The minimum absolute atomic E-state index is 0.267. The number of phosphoric acid groups is 1. The molecule has 0 spiro atoms. The second kappa shape index (κ2) is 43.6. The Balaban J connectivity index is 2.50. The van der Waals surface area contributed by atoms with Crippen LogP contribution in [0.2, 0.25) is 0 Å². The normalized spacial score (nSPS) is 22.4. The SMILES string of the molecule is CCCCCCCCCC/C=C/CC/C=C/CC/C=C/C(O)C(COP(=O)(O)OC1C(O)C(O)C(O)C(O)C1O)NC(=O)CC(O)CCCCCCC/C=C\C/C=C\CCCCCCCCCCC. The maximum atomic E-state index is 13.1. The van der Waals surface area contributed by atoms with Gasteiger partial charge in [-0.3, -0.25) is 13.8 Å². The van der Waals surface area contributed by atoms with Crippen LogP contribution < -0.4 is 5.32 Å². The fourth-order valence-corrected chi connectivity index (χ4v) is 9.33. The summed E-state index contributed by atoms with van der Waals surface area (Å²) in [5.41, 5.74) is 0. The summed E-state index contributed by atoms with van der Waals surface area (Å²) in [6.07, 6.45) is 41.6. The summed E-state index contributed by atoms with van der Waals surface area (Å²) in [6, 6.07) is -1.27. The highest BCUT2D eigenvalue weighted by Gasteiger charge is 2.51. The topological polar surface area (TPSA) is 226 Å². The lowest BCUT2D eigenvalue weighted by atomic mass is 9.85. The smallest absolute Gasteiger partial charge is 0.393 e. The average Bonchev–Trinajstić information content (AvgIpc) is 3.32. The van der Waals surface area contributed by atoms with E-state index in [0.717, 1.165) is 70.6 Å². The van der Waals surface area contributed by atoms with Gasteiger partial charge in [0, 0.05) is 0 Å². The van der Waals surface area contributed by atoms with E-state index in [-0.39, 0.29) is 6.42 Å². The summed E-state index contributed by atoms with van der Waals surface area (Å²) in [7, 11) is -5.16. The van der Waals surface area contributed by atoms with Gasteiger partial charge in [0.15, 0.2) is 0 Å². The molecule has 0 aromatic heterocycles. The first-order valence-electron chi connectivity index (χ1n) is 27.3. The minimum Gasteiger partial charge on any atom is -0.393 e. The van der Waals surface area contributed by atoms with E-state index in [4.69, 9.17) is 9.05 Å². The van der Waals surface area contributed by atoms with Crippen LogP contribution in [0.15, 0.2) is 60.8 Å². The number of aliphatic hydroxyl groups is 7. The van der Waals surface area contributed by atoms with Gasteiger partial charge < -0.3 is 46.0 Å². The molecular weight excluding hydrogens is 898 g/mol. The molecule has 0 bridgehead atoms. The Morgan fingerprint density at radius 1 is 0.522 bits per heavy atom. The first kappa shape index (κ1) is 65.0. The third-order valence-corrected chi connectivity index (χ3v) is 13.8. The molecule has 1 aliphatic carbocycles. The summed E-state index contributed by atoms with van der Waals surface area (Å²) >= 11 is 0. The van der Waals surface area contributed by atoms with Crippen molar-refractivity contribution in [2.45, 2.75) is 274 Å². The number of unbranched alkanes of at least 4 members (excludes halogenated alkanes) is 24. The van der Waals surface area contributed by atoms with Gasteiger partial charge in [-0.05, 0) is 77.0 Å². The van der Waals surface area contributed by atoms with E-state index in [1.807, 2.05) is 0 Å². The highest BCUT2D eigenvalue weighted by Crippen LogP contribution is 2.47. The van der Waals surface area contributed by atoms with E-state index in [0.29, 0.717) is 19.3 Å². The van der Waals surface area contributed by atoms with Gasteiger partial charge in [0.1, 0.15) is 36.6 Å². The molecule has 1 fully saturated rings. The zero-order chi connectivity index (χ0) is 50.8. The number of nitrogens with one attached hydrogen (secondary N) is 1. The highest BCUT2D eigenvalue weighted by atomic mass is 31.2. The second-order valence-corrected chi connectivity index (χ2v) is 20.6. The number of aliphatic hydroxyl groups excluding tert-OH is 7. The van der Waals surface area contributed by atoms with Gasteiger partial charge in [0.2, 0.25) is 5.91 Å². The molecule has 1 rings (SSSR count). The van der Waals surface area contributed by atoms with Crippen LogP contribution in [0.4, 0.5) is 0 Å². The standard InChI is InChI=1S/C55H100NO12P/c1-3-5-7-9-11-13-15-17-19-21-23-24-25-26-28-30-32-34-36-38-40-42-46(57)44-49(59)56-47(45-67-69(65,66)68-55-53(63)51(61)50(60)52(62)54(55)64)48(58)43-41-39-37-35-33-31-29-27-22-20-18-16-14-12-10-8-6-4-2/h22-24,26-28,33,35,41,43,46-48,50-55,57-58,60-64H,3-21,25,29-32,34,36-40,42,44-45H2,1-2H3,(H,56,59)(H,65,66)/b24-23-,27-22+,28-26-,35-33+,43-41+. The third kappa shape index (κ3) is 34.9. The van der Waals surface area contributed by atoms with Gasteiger partial charge in [-0.1, -0.05) is 197 Å². The molecule has 0 aliphatic heterocycles. The molecule has 69 heavy (non-hydrogen) atoms. The molecule has 0 radical (unpaired) electrons. The van der Waals surface area contributed by atoms with Gasteiger partial charge in [0.25, 0.3) is 0 Å². The first-order valence-corrected chi connectivity index (χ1v) is 28.8. The van der Waals surface area contributed by atoms with Crippen LogP contribution in [0.1, 0.15) is 219 Å². The maximum Gasteiger partial charge on any atom is 0.472 e. The van der Waals surface area contributed by atoms with Gasteiger partial charge in [0.05, 0.1) is 31.3 Å². The van der Waals surface area contributed by atoms with Gasteiger partial charge in [-0.15, -0.1) is 0 Å². The predicted octanol–water partition coefficient (Wildman–Crippen LogP) is 10.8. The maximum absolute atomic E-state index is 13.1. The Labute approximate surface area is 418 Å². The van der Waals surface area contributed by atoms with Crippen LogP contribution in [-0.4, -0.2) is 108 Å². The van der Waals surface area contributed by atoms with Crippen molar-refractivity contribution in [2.75, 3.05) is 6.61 Å². The van der Waals surface area contributed by atoms with Crippen molar-refractivity contribution < 1.29 is 59.0 Å². The highest BCUT2D eigenvalue weighted by molar-refractivity contribution is 7.47. The zero-order valence-electron chi connectivity index (χ0n) is 43.0. The van der Waals surface area contributed by atoms with E-state index >= 15 is 0 Å². The van der Waals surface area contributed by atoms with E-state index < -0.39 is 75.2 Å².